The van der Waals surface area contributed by atoms with Crippen LogP contribution >= 0.6 is 0 Å². The Bertz CT molecular complexity index is 1200. The summed E-state index contributed by atoms with van der Waals surface area (Å²) >= 11 is 0. The average molecular weight is 471 g/mol. The molecule has 1 unspecified atom stereocenters. The number of para-hydroxylation sites is 1. The Balaban J connectivity index is 1.74. The minimum Gasteiger partial charge on any atom is -0.497 e. The molecule has 0 aliphatic rings. The van der Waals surface area contributed by atoms with Crippen molar-refractivity contribution in [3.63, 3.8) is 0 Å². The predicted octanol–water partition coefficient (Wildman–Crippen LogP) is 4.68. The van der Waals surface area contributed by atoms with E-state index >= 15 is 0 Å². The lowest BCUT2D eigenvalue weighted by Crippen LogP contribution is -2.30. The lowest BCUT2D eigenvalue weighted by Gasteiger charge is -2.23. The lowest BCUT2D eigenvalue weighted by molar-refractivity contribution is 0.0935. The monoisotopic (exact) mass is 470 g/mol. The lowest BCUT2D eigenvalue weighted by atomic mass is 10.0. The Morgan fingerprint density at radius 3 is 2.21 bits per heavy atom. The first-order valence-electron chi connectivity index (χ1n) is 10.5. The summed E-state index contributed by atoms with van der Waals surface area (Å²) in [6, 6.07) is 19.7. The maximum absolute atomic E-state index is 14.2. The van der Waals surface area contributed by atoms with Crippen molar-refractivity contribution in [1.82, 2.24) is 5.32 Å². The average Bonchev–Trinajstić information content (AvgIpc) is 2.81. The van der Waals surface area contributed by atoms with Gasteiger partial charge in [-0.2, -0.15) is 0 Å². The van der Waals surface area contributed by atoms with E-state index < -0.39 is 15.8 Å². The molecule has 1 atom stereocenters. The Kier molecular flexibility index (Phi) is 7.71. The van der Waals surface area contributed by atoms with Crippen molar-refractivity contribution in [2.24, 2.45) is 0 Å². The van der Waals surface area contributed by atoms with Crippen molar-refractivity contribution < 1.29 is 22.3 Å². The third-order valence-corrected chi connectivity index (χ3v) is 6.42. The summed E-state index contributed by atoms with van der Waals surface area (Å²) in [7, 11) is -2.11. The zero-order chi connectivity index (χ0) is 24.0. The fourth-order valence-electron chi connectivity index (χ4n) is 3.46. The predicted molar refractivity (Wildman–Crippen MR) is 127 cm³/mol. The Hall–Kier alpha value is -3.39. The van der Waals surface area contributed by atoms with E-state index in [9.17, 15) is 17.6 Å². The van der Waals surface area contributed by atoms with Crippen molar-refractivity contribution in [2.45, 2.75) is 25.9 Å². The van der Waals surface area contributed by atoms with Gasteiger partial charge in [0.25, 0.3) is 5.91 Å². The molecule has 3 aromatic carbocycles. The van der Waals surface area contributed by atoms with Crippen molar-refractivity contribution in [3.8, 4) is 5.75 Å². The van der Waals surface area contributed by atoms with Gasteiger partial charge in [0.15, 0.2) is 0 Å². The fraction of sp³-hybridized carbons (Fsp3) is 0.240. The number of sulfonamides is 1. The Morgan fingerprint density at radius 2 is 1.67 bits per heavy atom. The summed E-state index contributed by atoms with van der Waals surface area (Å²) < 4.78 is 45.0. The zero-order valence-electron chi connectivity index (χ0n) is 18.8. The van der Waals surface area contributed by atoms with E-state index in [4.69, 9.17) is 4.74 Å². The summed E-state index contributed by atoms with van der Waals surface area (Å²) in [6.45, 7) is 1.94. The van der Waals surface area contributed by atoms with Gasteiger partial charge in [-0.25, -0.2) is 12.8 Å². The van der Waals surface area contributed by atoms with Gasteiger partial charge < -0.3 is 10.1 Å². The van der Waals surface area contributed by atoms with Crippen LogP contribution in [0.4, 0.5) is 10.1 Å². The second kappa shape index (κ2) is 10.5. The van der Waals surface area contributed by atoms with E-state index in [1.54, 1.807) is 37.4 Å². The number of nitrogens with zero attached hydrogens (tertiary/aromatic N) is 1. The molecular formula is C25H27FN2O4S. The van der Waals surface area contributed by atoms with E-state index in [1.807, 2.05) is 31.2 Å². The molecule has 0 aliphatic heterocycles. The third-order valence-electron chi connectivity index (χ3n) is 5.30. The first-order chi connectivity index (χ1) is 15.7. The summed E-state index contributed by atoms with van der Waals surface area (Å²) in [6.07, 6.45) is 1.74. The number of anilines is 1. The second-order valence-electron chi connectivity index (χ2n) is 7.63. The molecule has 1 amide bonds. The Labute approximate surface area is 194 Å². The number of hydrogen-bond donors (Lipinski definition) is 1. The van der Waals surface area contributed by atoms with Crippen LogP contribution in [0.15, 0.2) is 72.8 Å². The van der Waals surface area contributed by atoms with Gasteiger partial charge in [0.2, 0.25) is 10.0 Å². The molecule has 6 nitrogen and oxygen atoms in total. The number of nitrogens with one attached hydrogen (secondary N) is 1. The number of benzene rings is 3. The van der Waals surface area contributed by atoms with Crippen LogP contribution in [-0.4, -0.2) is 27.7 Å². The van der Waals surface area contributed by atoms with Gasteiger partial charge >= 0.3 is 0 Å². The highest BCUT2D eigenvalue weighted by Gasteiger charge is 2.21. The van der Waals surface area contributed by atoms with Crippen molar-refractivity contribution in [3.05, 3.63) is 95.3 Å². The fourth-order valence-corrected chi connectivity index (χ4v) is 4.35. The van der Waals surface area contributed by atoms with Crippen molar-refractivity contribution in [2.75, 3.05) is 17.7 Å². The minimum absolute atomic E-state index is 0.0212. The van der Waals surface area contributed by atoms with Crippen LogP contribution in [0.25, 0.3) is 0 Å². The van der Waals surface area contributed by atoms with Gasteiger partial charge in [0.1, 0.15) is 11.6 Å². The number of carbonyl (C=O) groups is 1. The molecule has 0 saturated heterocycles. The van der Waals surface area contributed by atoms with Crippen molar-refractivity contribution in [1.29, 1.82) is 0 Å². The summed E-state index contributed by atoms with van der Waals surface area (Å²) in [5, 5.41) is 3.02. The van der Waals surface area contributed by atoms with E-state index in [-0.39, 0.29) is 24.2 Å². The maximum atomic E-state index is 14.2. The summed E-state index contributed by atoms with van der Waals surface area (Å²) in [5.74, 6) is -0.115. The van der Waals surface area contributed by atoms with Gasteiger partial charge in [-0.15, -0.1) is 0 Å². The quantitative estimate of drug-likeness (QED) is 0.493. The molecule has 1 N–H and O–H groups in total. The number of carbonyl (C=O) groups excluding carboxylic acids is 1. The summed E-state index contributed by atoms with van der Waals surface area (Å²) in [5.41, 5.74) is 2.02. The van der Waals surface area contributed by atoms with Crippen LogP contribution in [0.5, 0.6) is 5.75 Å². The molecule has 8 heteroatoms. The number of rotatable bonds is 9. The highest BCUT2D eigenvalue weighted by Crippen LogP contribution is 2.24. The minimum atomic E-state index is -3.72. The number of methoxy groups -OCH3 is 1. The van der Waals surface area contributed by atoms with Gasteiger partial charge in [0, 0.05) is 5.56 Å². The first-order valence-corrected chi connectivity index (χ1v) is 12.3. The largest absolute Gasteiger partial charge is 0.497 e. The number of hydrogen-bond acceptors (Lipinski definition) is 4. The molecule has 0 aromatic heterocycles. The Morgan fingerprint density at radius 1 is 1.03 bits per heavy atom. The van der Waals surface area contributed by atoms with Gasteiger partial charge in [-0.05, 0) is 53.9 Å². The molecule has 33 heavy (non-hydrogen) atoms. The van der Waals surface area contributed by atoms with Gasteiger partial charge in [0.05, 0.1) is 31.6 Å². The maximum Gasteiger partial charge on any atom is 0.251 e. The highest BCUT2D eigenvalue weighted by atomic mass is 32.2. The van der Waals surface area contributed by atoms with E-state index in [0.29, 0.717) is 17.5 Å². The smallest absolute Gasteiger partial charge is 0.251 e. The van der Waals surface area contributed by atoms with Crippen LogP contribution in [-0.2, 0) is 16.6 Å². The normalized spacial score (nSPS) is 12.1. The van der Waals surface area contributed by atoms with Crippen LogP contribution in [0.1, 0.15) is 40.9 Å². The molecule has 3 aromatic rings. The molecule has 0 spiro atoms. The van der Waals surface area contributed by atoms with Crippen LogP contribution < -0.4 is 14.4 Å². The van der Waals surface area contributed by atoms with Crippen molar-refractivity contribution >= 4 is 21.6 Å². The molecule has 0 aliphatic carbocycles. The molecular weight excluding hydrogens is 443 g/mol. The van der Waals surface area contributed by atoms with Crippen LogP contribution in [0.3, 0.4) is 0 Å². The van der Waals surface area contributed by atoms with E-state index in [2.05, 4.69) is 5.32 Å². The van der Waals surface area contributed by atoms with Crippen LogP contribution in [0.2, 0.25) is 0 Å². The van der Waals surface area contributed by atoms with Gasteiger partial charge in [-0.1, -0.05) is 43.3 Å². The molecule has 0 heterocycles. The second-order valence-corrected chi connectivity index (χ2v) is 9.53. The number of amides is 1. The highest BCUT2D eigenvalue weighted by molar-refractivity contribution is 7.92. The topological polar surface area (TPSA) is 75.7 Å². The molecule has 0 radical (unpaired) electrons. The molecule has 0 fully saturated rings. The third kappa shape index (κ3) is 6.10. The molecule has 3 rings (SSSR count). The summed E-state index contributed by atoms with van der Waals surface area (Å²) in [4.78, 5) is 12.8. The SMILES string of the molecule is CCC(NC(=O)c1ccc(CN(c2ccccc2F)S(C)(=O)=O)cc1)c1ccc(OC)cc1. The molecule has 174 valence electrons. The number of halogens is 1. The first kappa shape index (κ1) is 24.3. The van der Waals surface area contributed by atoms with E-state index in [0.717, 1.165) is 21.9 Å². The van der Waals surface area contributed by atoms with Crippen LogP contribution in [0, 0.1) is 5.82 Å². The standard InChI is InChI=1S/C25H27FN2O4S/c1-4-23(19-13-15-21(32-2)16-14-19)27-25(29)20-11-9-18(10-12-20)17-28(33(3,30)31)24-8-6-5-7-22(24)26/h5-16,23H,4,17H2,1-3H3,(H,27,29). The van der Waals surface area contributed by atoms with Gasteiger partial charge in [-0.3, -0.25) is 9.10 Å². The molecule has 0 bridgehead atoms. The zero-order valence-corrected chi connectivity index (χ0v) is 19.6. The van der Waals surface area contributed by atoms with E-state index in [1.165, 1.54) is 18.2 Å². The number of ether oxygens (including phenoxy) is 1. The molecule has 0 saturated carbocycles.